The molecule has 74 heavy (non-hydrogen) atoms. The lowest BCUT2D eigenvalue weighted by atomic mass is 9.77. The van der Waals surface area contributed by atoms with Gasteiger partial charge in [-0.05, 0) is 30.2 Å². The van der Waals surface area contributed by atoms with Gasteiger partial charge in [-0.2, -0.15) is 0 Å². The number of carbonyl (C=O) groups is 7. The molecular weight excluding hydrogens is 979 g/mol. The third-order valence-electron chi connectivity index (χ3n) is 12.7. The van der Waals surface area contributed by atoms with E-state index in [1.807, 2.05) is 6.92 Å². The minimum absolute atomic E-state index is 0.0310. The number of anilines is 1. The van der Waals surface area contributed by atoms with Crippen molar-refractivity contribution in [2.75, 3.05) is 44.8 Å². The van der Waals surface area contributed by atoms with Gasteiger partial charge in [0.1, 0.15) is 72.3 Å². The normalized spacial score (nSPS) is 24.2. The molecule has 0 spiro atoms. The highest BCUT2D eigenvalue weighted by atomic mass is 16.6. The number of aryl methyl sites for hydroxylation is 1. The molecule has 6 amide bonds. The third-order valence-corrected chi connectivity index (χ3v) is 12.7. The summed E-state index contributed by atoms with van der Waals surface area (Å²) in [6.45, 7) is -1.24. The molecule has 1 saturated heterocycles. The number of aromatic hydroxyl groups is 1. The van der Waals surface area contributed by atoms with E-state index in [4.69, 9.17) is 21.9 Å². The van der Waals surface area contributed by atoms with Crippen LogP contribution in [0.5, 0.6) is 5.75 Å². The Kier molecular flexibility index (Phi) is 20.1. The number of phenols is 1. The lowest BCUT2D eigenvalue weighted by Gasteiger charge is -2.51. The van der Waals surface area contributed by atoms with Crippen molar-refractivity contribution in [3.8, 4) is 5.75 Å². The molecule has 0 radical (unpaired) electrons. The quantitative estimate of drug-likeness (QED) is 0.0343. The maximum atomic E-state index is 14.6. The summed E-state index contributed by atoms with van der Waals surface area (Å²) in [5.74, 6) is -7.19. The number of amides is 6. The average Bonchev–Trinajstić information content (AvgIpc) is 4.01. The van der Waals surface area contributed by atoms with Gasteiger partial charge in [0.25, 0.3) is 0 Å². The lowest BCUT2D eigenvalue weighted by Crippen LogP contribution is -2.78. The zero-order valence-electron chi connectivity index (χ0n) is 40.3. The molecule has 5 rings (SSSR count). The van der Waals surface area contributed by atoms with Gasteiger partial charge in [0, 0.05) is 19.3 Å². The summed E-state index contributed by atoms with van der Waals surface area (Å²) in [5.41, 5.74) is 16.6. The predicted molar refractivity (Wildman–Crippen MR) is 259 cm³/mol. The van der Waals surface area contributed by atoms with Gasteiger partial charge in [-0.25, -0.2) is 0 Å². The number of hydrogen-bond acceptors (Lipinski definition) is 23. The number of nitrogens with one attached hydrogen (secondary N) is 7. The molecule has 0 saturated carbocycles. The largest absolute Gasteiger partial charge is 0.506 e. The van der Waals surface area contributed by atoms with Crippen LogP contribution in [-0.2, 0) is 51.1 Å². The van der Waals surface area contributed by atoms with Crippen LogP contribution in [0.1, 0.15) is 30.0 Å². The van der Waals surface area contributed by atoms with Crippen LogP contribution in [0.3, 0.4) is 0 Å². The van der Waals surface area contributed by atoms with Crippen molar-refractivity contribution in [2.45, 2.75) is 112 Å². The summed E-state index contributed by atoms with van der Waals surface area (Å²) in [6, 6.07) is -1.52. The van der Waals surface area contributed by atoms with Crippen molar-refractivity contribution in [1.29, 1.82) is 0 Å². The molecule has 29 heteroatoms. The van der Waals surface area contributed by atoms with E-state index < -0.39 is 166 Å². The van der Waals surface area contributed by atoms with E-state index in [-0.39, 0.29) is 42.1 Å². The van der Waals surface area contributed by atoms with Crippen molar-refractivity contribution in [2.24, 2.45) is 27.2 Å². The Morgan fingerprint density at radius 2 is 1.43 bits per heavy atom. The van der Waals surface area contributed by atoms with Crippen LogP contribution >= 0.6 is 0 Å². The molecule has 1 fully saturated rings. The summed E-state index contributed by atoms with van der Waals surface area (Å²) >= 11 is 0. The van der Waals surface area contributed by atoms with E-state index in [1.54, 1.807) is 31.2 Å². The third kappa shape index (κ3) is 13.5. The van der Waals surface area contributed by atoms with Gasteiger partial charge in [0.15, 0.2) is 18.1 Å². The molecule has 29 nitrogen and oxygen atoms in total. The highest BCUT2D eigenvalue weighted by molar-refractivity contribution is 5.97. The summed E-state index contributed by atoms with van der Waals surface area (Å²) in [6.07, 6.45) is -9.60. The van der Waals surface area contributed by atoms with Crippen molar-refractivity contribution >= 4 is 59.3 Å². The molecule has 2 aromatic carbocycles. The number of nitrogens with zero attached hydrogens (tertiary/aromatic N) is 3. The number of aliphatic hydroxyl groups excluding tert-OH is 6. The first kappa shape index (κ1) is 57.8. The number of aldehydes is 1. The van der Waals surface area contributed by atoms with Crippen LogP contribution < -0.4 is 54.4 Å². The summed E-state index contributed by atoms with van der Waals surface area (Å²) in [4.78, 5) is 104. The highest BCUT2D eigenvalue weighted by Crippen LogP contribution is 2.35. The summed E-state index contributed by atoms with van der Waals surface area (Å²) in [5, 5.41) is 104. The number of aliphatic imine (C=N–C) groups is 2. The van der Waals surface area contributed by atoms with E-state index >= 15 is 0 Å². The Morgan fingerprint density at radius 1 is 0.811 bits per heavy atom. The Labute approximate surface area is 423 Å². The van der Waals surface area contributed by atoms with E-state index in [9.17, 15) is 74.4 Å². The van der Waals surface area contributed by atoms with Crippen LogP contribution in [0.4, 0.5) is 5.69 Å². The lowest BCUT2D eigenvalue weighted by molar-refractivity contribution is -0.264. The molecule has 3 heterocycles. The van der Waals surface area contributed by atoms with Crippen molar-refractivity contribution in [1.82, 2.24) is 36.8 Å². The Morgan fingerprint density at radius 3 is 2.01 bits per heavy atom. The molecular formula is C45H65N13O16. The van der Waals surface area contributed by atoms with Gasteiger partial charge in [-0.1, -0.05) is 42.8 Å². The average molecular weight is 1040 g/mol. The van der Waals surface area contributed by atoms with Gasteiger partial charge in [0.05, 0.1) is 57.2 Å². The fraction of sp³-hybridized carbons (Fsp3) is 0.533. The van der Waals surface area contributed by atoms with Crippen LogP contribution in [-0.4, -0.2) is 217 Å². The summed E-state index contributed by atoms with van der Waals surface area (Å²) < 4.78 is 5.75. The molecule has 3 aliphatic rings. The first-order chi connectivity index (χ1) is 35.1. The number of nitrogens with two attached hydrogens (primary N) is 3. The monoisotopic (exact) mass is 1040 g/mol. The van der Waals surface area contributed by atoms with Crippen LogP contribution in [0, 0.1) is 6.92 Å². The van der Waals surface area contributed by atoms with Crippen LogP contribution in [0.15, 0.2) is 52.4 Å². The molecule has 13 atom stereocenters. The van der Waals surface area contributed by atoms with Gasteiger partial charge in [0.2, 0.25) is 35.4 Å². The molecule has 0 aliphatic carbocycles. The molecule has 8 unspecified atom stereocenters. The van der Waals surface area contributed by atoms with Crippen molar-refractivity contribution in [3.05, 3.63) is 59.2 Å². The van der Waals surface area contributed by atoms with Gasteiger partial charge in [-0.15, -0.1) is 0 Å². The number of carbonyl (C=O) groups excluding carboxylic acids is 7. The Balaban J connectivity index is 1.54. The molecule has 406 valence electrons. The minimum Gasteiger partial charge on any atom is -0.506 e. The van der Waals surface area contributed by atoms with Gasteiger partial charge >= 0.3 is 0 Å². The van der Waals surface area contributed by atoms with E-state index in [0.29, 0.717) is 5.56 Å². The second kappa shape index (κ2) is 25.7. The summed E-state index contributed by atoms with van der Waals surface area (Å²) in [7, 11) is 0. The zero-order chi connectivity index (χ0) is 54.6. The van der Waals surface area contributed by atoms with Crippen LogP contribution in [0.2, 0.25) is 0 Å². The number of benzene rings is 2. The number of guanidine groups is 2. The Hall–Kier alpha value is -7.09. The zero-order valence-corrected chi connectivity index (χ0v) is 40.3. The highest BCUT2D eigenvalue weighted by Gasteiger charge is 2.61. The first-order valence-electron chi connectivity index (χ1n) is 23.4. The standard InChI is InChI=1S/C45H65N13O16/c1-3-32(64)52-24-11-22(8-9-28(24)63)12-26(54-38(69)25(53-33(65)13-46)10-21-6-4-20(2)5-7-21)39(70)55-27(18-61)40(71)57-37(41(72)51-23(16-59)17-60)45(73,30-14-49-43(47)56-30)31-15-50-44(48)58(31)42-36(68)35(67)34(66)29(19-62)74-42/h4-9,11,16,23,25-27,29-31,34-37,42,60-63,66-68,73H,3,10,12-15,17-19,46H2,1-2H3,(H2,48,50)(H,51,72)(H,52,64)(H,53,65)(H,54,69)(H,55,70)(H,57,71)(H3,47,49,56)/t23-,25+,26+,27+,29?,30?,31?,34?,35?,36?,37-,42?,45?/m1/s1. The fourth-order valence-electron chi connectivity index (χ4n) is 8.52. The number of hydrogen-bond donors (Lipinski definition) is 18. The van der Waals surface area contributed by atoms with Crippen LogP contribution in [0.25, 0.3) is 0 Å². The van der Waals surface area contributed by atoms with E-state index in [1.165, 1.54) is 18.2 Å². The topological polar surface area (TPSA) is 481 Å². The van der Waals surface area contributed by atoms with Crippen molar-refractivity contribution in [3.63, 3.8) is 0 Å². The molecule has 3 aliphatic heterocycles. The Bertz CT molecular complexity index is 2410. The van der Waals surface area contributed by atoms with E-state index in [0.717, 1.165) is 10.5 Å². The maximum Gasteiger partial charge on any atom is 0.246 e. The minimum atomic E-state index is -2.86. The van der Waals surface area contributed by atoms with Crippen molar-refractivity contribution < 1.29 is 79.2 Å². The van der Waals surface area contributed by atoms with E-state index in [2.05, 4.69) is 47.2 Å². The van der Waals surface area contributed by atoms with Gasteiger partial charge in [-0.3, -0.25) is 38.8 Å². The second-order valence-corrected chi connectivity index (χ2v) is 17.8. The molecule has 0 bridgehead atoms. The predicted octanol–water partition coefficient (Wildman–Crippen LogP) is -8.78. The number of rotatable bonds is 24. The number of ether oxygens (including phenoxy) is 1. The molecule has 2 aromatic rings. The number of aliphatic hydroxyl groups is 7. The smallest absolute Gasteiger partial charge is 0.246 e. The molecule has 0 aromatic heterocycles. The first-order valence-corrected chi connectivity index (χ1v) is 23.4. The van der Waals surface area contributed by atoms with Gasteiger partial charge < -0.3 is 110 Å². The number of phenolic OH excluding ortho intramolecular Hbond substituents is 1. The fourth-order valence-corrected chi connectivity index (χ4v) is 8.52. The SMILES string of the molecule is CCC(=O)Nc1cc(C[C@H](NC(=O)[C@H](Cc2ccc(C)cc2)NC(=O)CN)C(=O)N[C@@H](CO)C(=O)N[C@H](C(=O)N[C@H](C=O)CO)C(O)(C2CN=C(N)N2)C2CN=C(N)N2C2OC(CO)C(O)C(O)C2O)ccc1O. The molecule has 21 N–H and O–H groups in total. The maximum absolute atomic E-state index is 14.6. The second-order valence-electron chi connectivity index (χ2n) is 17.8.